The molecule has 0 radical (unpaired) electrons. The van der Waals surface area contributed by atoms with E-state index in [1.165, 1.54) is 23.4 Å². The number of H-pyrrole nitrogens is 1. The van der Waals surface area contributed by atoms with Crippen LogP contribution in [-0.4, -0.2) is 28.5 Å². The van der Waals surface area contributed by atoms with Crippen molar-refractivity contribution in [2.24, 2.45) is 0 Å². The fraction of sp³-hybridized carbons (Fsp3) is 0.267. The van der Waals surface area contributed by atoms with Crippen molar-refractivity contribution in [3.05, 3.63) is 41.4 Å². The van der Waals surface area contributed by atoms with Crippen LogP contribution in [0.4, 0.5) is 9.18 Å². The average molecular weight is 308 g/mol. The van der Waals surface area contributed by atoms with Crippen LogP contribution in [0.5, 0.6) is 0 Å². The number of amides is 1. The maximum atomic E-state index is 13.6. The number of rotatable bonds is 5. The van der Waals surface area contributed by atoms with E-state index in [1.54, 1.807) is 0 Å². The first-order valence-corrected chi connectivity index (χ1v) is 7.49. The normalized spacial score (nSPS) is 11.9. The number of hydrogen-bond acceptors (Lipinski definition) is 2. The monoisotopic (exact) mass is 308 g/mol. The summed E-state index contributed by atoms with van der Waals surface area (Å²) in [5.41, 5.74) is 3.34. The van der Waals surface area contributed by atoms with E-state index in [-0.39, 0.29) is 18.1 Å². The molecule has 0 saturated carbocycles. The minimum absolute atomic E-state index is 0.0212. The van der Waals surface area contributed by atoms with E-state index in [4.69, 9.17) is 5.11 Å². The molecule has 0 saturated heterocycles. The quantitative estimate of drug-likeness (QED) is 0.732. The maximum Gasteiger partial charge on any atom is 0.404 e. The summed E-state index contributed by atoms with van der Waals surface area (Å²) in [7, 11) is 0. The average Bonchev–Trinajstić information content (AvgIpc) is 2.72. The third kappa shape index (κ3) is 3.78. The largest absolute Gasteiger partial charge is 0.465 e. The van der Waals surface area contributed by atoms with Gasteiger partial charge in [-0.25, -0.2) is 9.18 Å². The van der Waals surface area contributed by atoms with Crippen LogP contribution < -0.4 is 5.32 Å². The second-order valence-corrected chi connectivity index (χ2v) is 5.70. The van der Waals surface area contributed by atoms with Gasteiger partial charge in [-0.2, -0.15) is 0 Å². The van der Waals surface area contributed by atoms with Crippen LogP contribution in [0.15, 0.2) is 35.0 Å². The number of para-hydroxylation sites is 1. The first kappa shape index (κ1) is 15.4. The molecule has 0 fully saturated rings. The topological polar surface area (TPSA) is 65.1 Å². The van der Waals surface area contributed by atoms with Gasteiger partial charge in [0.05, 0.1) is 5.52 Å². The molecular weight excluding hydrogens is 291 g/mol. The van der Waals surface area contributed by atoms with Crippen molar-refractivity contribution in [3.63, 3.8) is 0 Å². The van der Waals surface area contributed by atoms with Gasteiger partial charge in [0.15, 0.2) is 0 Å². The number of carboxylic acid groups (broad SMARTS) is 1. The van der Waals surface area contributed by atoms with Gasteiger partial charge in [0.1, 0.15) is 5.83 Å². The standard InChI is InChI=1S/C15H17FN2O2S/c1-9-10(2)18-14-12(9)4-3-5-13(14)21-8-11(16)6-7-17-15(19)20/h3-6,17-18H,7-8H2,1-2H3,(H,19,20). The highest BCUT2D eigenvalue weighted by molar-refractivity contribution is 7.99. The molecular formula is C15H17FN2O2S. The van der Waals surface area contributed by atoms with E-state index >= 15 is 0 Å². The summed E-state index contributed by atoms with van der Waals surface area (Å²) >= 11 is 1.39. The molecule has 112 valence electrons. The summed E-state index contributed by atoms with van der Waals surface area (Å²) in [5.74, 6) is -0.164. The molecule has 0 unspecified atom stereocenters. The van der Waals surface area contributed by atoms with Gasteiger partial charge < -0.3 is 15.4 Å². The van der Waals surface area contributed by atoms with Gasteiger partial charge >= 0.3 is 6.09 Å². The molecule has 0 bridgehead atoms. The van der Waals surface area contributed by atoms with Gasteiger partial charge in [-0.05, 0) is 31.6 Å². The van der Waals surface area contributed by atoms with Crippen molar-refractivity contribution in [1.29, 1.82) is 0 Å². The van der Waals surface area contributed by atoms with Crippen molar-refractivity contribution >= 4 is 28.8 Å². The number of aromatic amines is 1. The molecule has 4 nitrogen and oxygen atoms in total. The zero-order valence-corrected chi connectivity index (χ0v) is 12.7. The smallest absolute Gasteiger partial charge is 0.404 e. The third-order valence-corrected chi connectivity index (χ3v) is 4.32. The van der Waals surface area contributed by atoms with E-state index in [0.717, 1.165) is 21.5 Å². The zero-order chi connectivity index (χ0) is 15.4. The van der Waals surface area contributed by atoms with E-state index in [1.807, 2.05) is 25.1 Å². The van der Waals surface area contributed by atoms with Gasteiger partial charge in [0.25, 0.3) is 0 Å². The maximum absolute atomic E-state index is 13.6. The number of aromatic nitrogens is 1. The van der Waals surface area contributed by atoms with Crippen LogP contribution >= 0.6 is 11.8 Å². The molecule has 1 heterocycles. The molecule has 3 N–H and O–H groups in total. The SMILES string of the molecule is Cc1[nH]c2c(SCC(F)=CCNC(=O)O)cccc2c1C. The fourth-order valence-electron chi connectivity index (χ4n) is 2.03. The summed E-state index contributed by atoms with van der Waals surface area (Å²) in [4.78, 5) is 14.6. The highest BCUT2D eigenvalue weighted by Crippen LogP contribution is 2.31. The van der Waals surface area contributed by atoms with E-state index < -0.39 is 6.09 Å². The van der Waals surface area contributed by atoms with Gasteiger partial charge in [0.2, 0.25) is 0 Å². The predicted octanol–water partition coefficient (Wildman–Crippen LogP) is 4.00. The van der Waals surface area contributed by atoms with Crippen LogP contribution in [0, 0.1) is 13.8 Å². The number of halogens is 1. The molecule has 1 amide bonds. The lowest BCUT2D eigenvalue weighted by Crippen LogP contribution is -2.20. The molecule has 0 spiro atoms. The van der Waals surface area contributed by atoms with Gasteiger partial charge in [0, 0.05) is 28.3 Å². The first-order chi connectivity index (χ1) is 9.99. The molecule has 0 aliphatic heterocycles. The highest BCUT2D eigenvalue weighted by atomic mass is 32.2. The van der Waals surface area contributed by atoms with Gasteiger partial charge in [-0.15, -0.1) is 11.8 Å². The van der Waals surface area contributed by atoms with E-state index in [9.17, 15) is 9.18 Å². The zero-order valence-electron chi connectivity index (χ0n) is 11.9. The highest BCUT2D eigenvalue weighted by Gasteiger charge is 2.09. The Hall–Kier alpha value is -1.95. The molecule has 6 heteroatoms. The number of carbonyl (C=O) groups is 1. The lowest BCUT2D eigenvalue weighted by atomic mass is 10.1. The number of fused-ring (bicyclic) bond motifs is 1. The number of benzene rings is 1. The van der Waals surface area contributed by atoms with Crippen molar-refractivity contribution in [3.8, 4) is 0 Å². The number of nitrogens with one attached hydrogen (secondary N) is 2. The van der Waals surface area contributed by atoms with Crippen LogP contribution in [0.25, 0.3) is 10.9 Å². The van der Waals surface area contributed by atoms with Gasteiger partial charge in [-0.3, -0.25) is 0 Å². The van der Waals surface area contributed by atoms with Crippen molar-refractivity contribution in [1.82, 2.24) is 10.3 Å². The molecule has 2 aromatic rings. The van der Waals surface area contributed by atoms with Gasteiger partial charge in [-0.1, -0.05) is 12.1 Å². The summed E-state index contributed by atoms with van der Waals surface area (Å²) in [6.07, 6.45) is 0.0840. The fourth-order valence-corrected chi connectivity index (χ4v) is 2.92. The van der Waals surface area contributed by atoms with E-state index in [0.29, 0.717) is 0 Å². The molecule has 0 aliphatic carbocycles. The second-order valence-electron chi connectivity index (χ2n) is 4.68. The molecule has 1 aromatic carbocycles. The Labute approximate surface area is 126 Å². The second kappa shape index (κ2) is 6.67. The number of aryl methyl sites for hydroxylation is 2. The minimum atomic E-state index is -1.16. The predicted molar refractivity (Wildman–Crippen MR) is 83.7 cm³/mol. The van der Waals surface area contributed by atoms with Crippen LogP contribution in [0.1, 0.15) is 11.3 Å². The summed E-state index contributed by atoms with van der Waals surface area (Å²) < 4.78 is 13.6. The Kier molecular flexibility index (Phi) is 4.90. The molecule has 0 aliphatic rings. The van der Waals surface area contributed by atoms with Crippen LogP contribution in [-0.2, 0) is 0 Å². The lowest BCUT2D eigenvalue weighted by Gasteiger charge is -2.03. The van der Waals surface area contributed by atoms with Crippen molar-refractivity contribution < 1.29 is 14.3 Å². The Morgan fingerprint density at radius 3 is 2.95 bits per heavy atom. The molecule has 0 atom stereocenters. The Morgan fingerprint density at radius 2 is 2.24 bits per heavy atom. The summed E-state index contributed by atoms with van der Waals surface area (Å²) in [6.45, 7) is 4.05. The lowest BCUT2D eigenvalue weighted by molar-refractivity contribution is 0.195. The van der Waals surface area contributed by atoms with Crippen LogP contribution in [0.3, 0.4) is 0 Å². The van der Waals surface area contributed by atoms with Crippen molar-refractivity contribution in [2.45, 2.75) is 18.7 Å². The molecule has 1 aromatic heterocycles. The van der Waals surface area contributed by atoms with Crippen LogP contribution in [0.2, 0.25) is 0 Å². The first-order valence-electron chi connectivity index (χ1n) is 6.51. The molecule has 21 heavy (non-hydrogen) atoms. The number of thioether (sulfide) groups is 1. The Morgan fingerprint density at radius 1 is 1.48 bits per heavy atom. The van der Waals surface area contributed by atoms with E-state index in [2.05, 4.69) is 17.2 Å². The third-order valence-electron chi connectivity index (χ3n) is 3.25. The molecule has 2 rings (SSSR count). The summed E-state index contributed by atoms with van der Waals surface area (Å²) in [5, 5.41) is 11.7. The Bertz CT molecular complexity index is 694. The van der Waals surface area contributed by atoms with Crippen molar-refractivity contribution in [2.75, 3.05) is 12.3 Å². The summed E-state index contributed by atoms with van der Waals surface area (Å²) in [6, 6.07) is 5.95. The minimum Gasteiger partial charge on any atom is -0.465 e. The number of hydrogen-bond donors (Lipinski definition) is 3. The Balaban J connectivity index is 2.07.